The van der Waals surface area contributed by atoms with Gasteiger partial charge < -0.3 is 14.5 Å². The van der Waals surface area contributed by atoms with Crippen molar-refractivity contribution in [2.45, 2.75) is 38.3 Å². The van der Waals surface area contributed by atoms with Crippen molar-refractivity contribution in [2.75, 3.05) is 11.9 Å². The van der Waals surface area contributed by atoms with Crippen LogP contribution in [0.3, 0.4) is 0 Å². The summed E-state index contributed by atoms with van der Waals surface area (Å²) in [5.74, 6) is -1.37. The second-order valence-corrected chi connectivity index (χ2v) is 7.00. The maximum Gasteiger partial charge on any atom is 0.437 e. The highest BCUT2D eigenvalue weighted by Gasteiger charge is 2.21. The zero-order chi connectivity index (χ0) is 20.9. The summed E-state index contributed by atoms with van der Waals surface area (Å²) in [6.45, 7) is -0.935. The molecule has 1 saturated carbocycles. The molecule has 0 unspecified atom stereocenters. The van der Waals surface area contributed by atoms with Crippen LogP contribution in [0.1, 0.15) is 31.7 Å². The van der Waals surface area contributed by atoms with E-state index in [1.807, 2.05) is 6.07 Å². The number of ether oxygens (including phenoxy) is 1. The van der Waals surface area contributed by atoms with Crippen molar-refractivity contribution < 1.29 is 18.7 Å². The summed E-state index contributed by atoms with van der Waals surface area (Å²) in [5.41, 5.74) is 0.611. The van der Waals surface area contributed by atoms with Crippen LogP contribution in [0.4, 0.5) is 5.82 Å². The molecule has 1 amide bonds. The van der Waals surface area contributed by atoms with Crippen molar-refractivity contribution in [3.63, 3.8) is 0 Å². The predicted molar refractivity (Wildman–Crippen MR) is 106 cm³/mol. The summed E-state index contributed by atoms with van der Waals surface area (Å²) >= 11 is 0. The first-order chi connectivity index (χ1) is 14.6. The van der Waals surface area contributed by atoms with Crippen LogP contribution >= 0.6 is 0 Å². The molecule has 1 fully saturated rings. The van der Waals surface area contributed by atoms with E-state index in [-0.39, 0.29) is 11.9 Å². The third-order valence-electron chi connectivity index (χ3n) is 4.88. The van der Waals surface area contributed by atoms with Gasteiger partial charge in [0.1, 0.15) is 12.4 Å². The van der Waals surface area contributed by atoms with E-state index in [2.05, 4.69) is 15.5 Å². The minimum absolute atomic E-state index is 0.103. The zero-order valence-electron chi connectivity index (χ0n) is 16.2. The molecule has 0 aliphatic heterocycles. The average Bonchev–Trinajstić information content (AvgIpc) is 3.49. The molecule has 0 bridgehead atoms. The summed E-state index contributed by atoms with van der Waals surface area (Å²) in [6.07, 6.45) is 5.96. The molecule has 2 aromatic heterocycles. The number of hydrogen-bond acceptors (Lipinski definition) is 7. The number of nitrogens with zero attached hydrogens (tertiary/aromatic N) is 4. The monoisotopic (exact) mass is 411 g/mol. The van der Waals surface area contributed by atoms with Gasteiger partial charge in [-0.3, -0.25) is 9.59 Å². The number of aromatic nitrogens is 4. The number of carbonyl (C=O) groups is 2. The molecular weight excluding hydrogens is 390 g/mol. The Morgan fingerprint density at radius 1 is 1.17 bits per heavy atom. The maximum absolute atomic E-state index is 12.2. The molecule has 1 aromatic carbocycles. The fraction of sp³-hybridized carbons (Fsp3) is 0.350. The van der Waals surface area contributed by atoms with Crippen LogP contribution < -0.4 is 11.1 Å². The molecule has 156 valence electrons. The molecular formula is C20H21N5O5. The molecule has 0 saturated heterocycles. The Hall–Kier alpha value is -3.69. The molecule has 3 aromatic rings. The average molecular weight is 411 g/mol. The highest BCUT2D eigenvalue weighted by molar-refractivity contribution is 5.92. The lowest BCUT2D eigenvalue weighted by Gasteiger charge is -2.14. The Bertz CT molecular complexity index is 1080. The van der Waals surface area contributed by atoms with Crippen molar-refractivity contribution >= 4 is 17.7 Å². The lowest BCUT2D eigenvalue weighted by atomic mass is 10.2. The minimum Gasteiger partial charge on any atom is -0.454 e. The molecule has 10 heteroatoms. The predicted octanol–water partition coefficient (Wildman–Crippen LogP) is 2.00. The van der Waals surface area contributed by atoms with Crippen LogP contribution in [0.15, 0.2) is 51.8 Å². The number of rotatable bonds is 7. The number of carbonyl (C=O) groups excluding carboxylic acids is 2. The van der Waals surface area contributed by atoms with Crippen molar-refractivity contribution in [3.8, 4) is 11.5 Å². The van der Waals surface area contributed by atoms with Gasteiger partial charge in [-0.15, -0.1) is 5.10 Å². The van der Waals surface area contributed by atoms with E-state index in [9.17, 15) is 14.4 Å². The van der Waals surface area contributed by atoms with Crippen LogP contribution in [-0.2, 0) is 20.9 Å². The fourth-order valence-electron chi connectivity index (χ4n) is 3.45. The topological polar surface area (TPSA) is 121 Å². The first-order valence-electron chi connectivity index (χ1n) is 9.72. The van der Waals surface area contributed by atoms with Gasteiger partial charge >= 0.3 is 11.7 Å². The smallest absolute Gasteiger partial charge is 0.437 e. The zero-order valence-corrected chi connectivity index (χ0v) is 16.2. The van der Waals surface area contributed by atoms with Crippen molar-refractivity contribution in [1.82, 2.24) is 19.6 Å². The van der Waals surface area contributed by atoms with E-state index in [0.29, 0.717) is 11.4 Å². The highest BCUT2D eigenvalue weighted by atomic mass is 16.5. The van der Waals surface area contributed by atoms with Crippen LogP contribution in [-0.4, -0.2) is 38.0 Å². The van der Waals surface area contributed by atoms with Crippen molar-refractivity contribution in [3.05, 3.63) is 53.1 Å². The molecule has 0 radical (unpaired) electrons. The van der Waals surface area contributed by atoms with Gasteiger partial charge in [0.15, 0.2) is 6.61 Å². The van der Waals surface area contributed by atoms with Gasteiger partial charge in [-0.1, -0.05) is 31.0 Å². The molecule has 0 spiro atoms. The third-order valence-corrected chi connectivity index (χ3v) is 4.88. The number of anilines is 1. The van der Waals surface area contributed by atoms with Crippen LogP contribution in [0.5, 0.6) is 0 Å². The largest absolute Gasteiger partial charge is 0.454 e. The third kappa shape index (κ3) is 4.48. The van der Waals surface area contributed by atoms with E-state index < -0.39 is 30.8 Å². The van der Waals surface area contributed by atoms with Crippen molar-refractivity contribution in [2.24, 2.45) is 0 Å². The number of benzene rings is 1. The lowest BCUT2D eigenvalue weighted by Crippen LogP contribution is -2.27. The molecule has 1 aliphatic rings. The molecule has 4 rings (SSSR count). The van der Waals surface area contributed by atoms with E-state index in [0.717, 1.165) is 30.4 Å². The molecule has 1 N–H and O–H groups in total. The highest BCUT2D eigenvalue weighted by Crippen LogP contribution is 2.31. The number of nitrogens with one attached hydrogen (secondary N) is 1. The van der Waals surface area contributed by atoms with Crippen LogP contribution in [0, 0.1) is 0 Å². The summed E-state index contributed by atoms with van der Waals surface area (Å²) in [4.78, 5) is 36.1. The second kappa shape index (κ2) is 8.76. The molecule has 0 atom stereocenters. The summed E-state index contributed by atoms with van der Waals surface area (Å²) in [6, 6.07) is 10.8. The molecule has 30 heavy (non-hydrogen) atoms. The Labute approximate surface area is 171 Å². The van der Waals surface area contributed by atoms with Crippen LogP contribution in [0.2, 0.25) is 0 Å². The molecule has 2 heterocycles. The first kappa shape index (κ1) is 19.6. The number of hydrogen-bond donors (Lipinski definition) is 1. The molecule has 10 nitrogen and oxygen atoms in total. The number of esters is 1. The Balaban J connectivity index is 1.30. The van der Waals surface area contributed by atoms with E-state index in [1.54, 1.807) is 41.2 Å². The summed E-state index contributed by atoms with van der Waals surface area (Å²) in [7, 11) is 0. The van der Waals surface area contributed by atoms with E-state index in [1.165, 1.54) is 0 Å². The quantitative estimate of drug-likeness (QED) is 0.590. The van der Waals surface area contributed by atoms with E-state index in [4.69, 9.17) is 9.15 Å². The Morgan fingerprint density at radius 2 is 1.93 bits per heavy atom. The first-order valence-corrected chi connectivity index (χ1v) is 9.72. The normalized spacial score (nSPS) is 14.0. The number of amides is 1. The van der Waals surface area contributed by atoms with Crippen molar-refractivity contribution in [1.29, 1.82) is 0 Å². The van der Waals surface area contributed by atoms with Gasteiger partial charge in [-0.05, 0) is 25.0 Å². The van der Waals surface area contributed by atoms with E-state index >= 15 is 0 Å². The van der Waals surface area contributed by atoms with Gasteiger partial charge in [0.2, 0.25) is 5.89 Å². The fourth-order valence-corrected chi connectivity index (χ4v) is 3.45. The van der Waals surface area contributed by atoms with Gasteiger partial charge in [0.05, 0.1) is 12.2 Å². The standard InChI is InChI=1S/C20H21N5O5/c26-17(22-16-10-11-21-25(16)15-8-4-5-9-15)13-29-18(27)12-24-20(28)30-19(23-24)14-6-2-1-3-7-14/h1-3,6-7,10-11,15H,4-5,8-9,12-13H2,(H,22,26). The summed E-state index contributed by atoms with van der Waals surface area (Å²) < 4.78 is 12.7. The molecule has 1 aliphatic carbocycles. The Morgan fingerprint density at radius 3 is 2.70 bits per heavy atom. The lowest BCUT2D eigenvalue weighted by molar-refractivity contribution is -0.148. The minimum atomic E-state index is -0.782. The second-order valence-electron chi connectivity index (χ2n) is 7.00. The van der Waals surface area contributed by atoms with Gasteiger partial charge in [0, 0.05) is 11.6 Å². The SMILES string of the molecule is O=C(COC(=O)Cn1nc(-c2ccccc2)oc1=O)Nc1ccnn1C1CCCC1. The van der Waals surface area contributed by atoms with Crippen LogP contribution in [0.25, 0.3) is 11.5 Å². The summed E-state index contributed by atoms with van der Waals surface area (Å²) in [5, 5.41) is 11.0. The maximum atomic E-state index is 12.2. The Kier molecular flexibility index (Phi) is 5.73. The van der Waals surface area contributed by atoms with Gasteiger partial charge in [-0.25, -0.2) is 9.48 Å². The van der Waals surface area contributed by atoms with Gasteiger partial charge in [-0.2, -0.15) is 9.78 Å². The van der Waals surface area contributed by atoms with Gasteiger partial charge in [0.25, 0.3) is 5.91 Å².